The van der Waals surface area contributed by atoms with E-state index in [0.717, 1.165) is 7.69 Å². The number of nitro groups is 2. The van der Waals surface area contributed by atoms with Gasteiger partial charge in [0.25, 0.3) is 11.4 Å². The van der Waals surface area contributed by atoms with Crippen LogP contribution in [0.25, 0.3) is 0 Å². The van der Waals surface area contributed by atoms with Crippen molar-refractivity contribution in [1.29, 1.82) is 0 Å². The summed E-state index contributed by atoms with van der Waals surface area (Å²) in [6.07, 6.45) is 0. The summed E-state index contributed by atoms with van der Waals surface area (Å²) in [5.74, 6) is 0.452. The molecule has 0 saturated carbocycles. The van der Waals surface area contributed by atoms with Crippen LogP contribution >= 0.6 is 0 Å². The Kier molecular flexibility index (Phi) is 4.80. The maximum atomic E-state index is 10.8. The van der Waals surface area contributed by atoms with Gasteiger partial charge in [0, 0.05) is 11.1 Å². The number of aryl methyl sites for hydroxylation is 2. The van der Waals surface area contributed by atoms with Crippen LogP contribution in [0.1, 0.15) is 11.1 Å². The standard InChI is InChI=1S/C14H12BN2O6/c1-9-3-5-11(7-13(9)16(18)19)22-15-23-12-6-4-10(2)14(8-12)17(20)21/h3-8H,1-2H3. The van der Waals surface area contributed by atoms with Crippen molar-refractivity contribution in [3.05, 3.63) is 67.8 Å². The van der Waals surface area contributed by atoms with Crippen molar-refractivity contribution in [1.82, 2.24) is 0 Å². The Morgan fingerprint density at radius 3 is 1.57 bits per heavy atom. The van der Waals surface area contributed by atoms with E-state index in [2.05, 4.69) is 0 Å². The van der Waals surface area contributed by atoms with Crippen molar-refractivity contribution in [3.63, 3.8) is 0 Å². The van der Waals surface area contributed by atoms with E-state index in [1.807, 2.05) is 0 Å². The molecule has 8 nitrogen and oxygen atoms in total. The van der Waals surface area contributed by atoms with Crippen molar-refractivity contribution in [2.45, 2.75) is 13.8 Å². The molecule has 117 valence electrons. The smallest absolute Gasteiger partial charge is 0.526 e. The van der Waals surface area contributed by atoms with Crippen LogP contribution in [0.15, 0.2) is 36.4 Å². The first-order chi connectivity index (χ1) is 10.9. The summed E-state index contributed by atoms with van der Waals surface area (Å²) in [6.45, 7) is 3.24. The van der Waals surface area contributed by atoms with E-state index in [-0.39, 0.29) is 22.9 Å². The first-order valence-electron chi connectivity index (χ1n) is 6.53. The lowest BCUT2D eigenvalue weighted by atomic mass is 10.2. The molecule has 0 N–H and O–H groups in total. The van der Waals surface area contributed by atoms with Gasteiger partial charge in [0.05, 0.1) is 22.0 Å². The fourth-order valence-corrected chi connectivity index (χ4v) is 1.85. The lowest BCUT2D eigenvalue weighted by molar-refractivity contribution is -0.385. The predicted octanol–water partition coefficient (Wildman–Crippen LogP) is 3.11. The molecule has 0 amide bonds. The Balaban J connectivity index is 2.03. The Morgan fingerprint density at radius 2 is 1.22 bits per heavy atom. The molecule has 23 heavy (non-hydrogen) atoms. The fourth-order valence-electron chi connectivity index (χ4n) is 1.85. The summed E-state index contributed by atoms with van der Waals surface area (Å²) in [6, 6.07) is 8.76. The van der Waals surface area contributed by atoms with Gasteiger partial charge in [-0.15, -0.1) is 0 Å². The highest BCUT2D eigenvalue weighted by atomic mass is 16.6. The molecule has 9 heteroatoms. The third-order valence-electron chi connectivity index (χ3n) is 3.12. The van der Waals surface area contributed by atoms with Gasteiger partial charge in [0.2, 0.25) is 0 Å². The zero-order valence-corrected chi connectivity index (χ0v) is 12.4. The van der Waals surface area contributed by atoms with Gasteiger partial charge < -0.3 is 9.31 Å². The zero-order chi connectivity index (χ0) is 17.0. The van der Waals surface area contributed by atoms with Crippen LogP contribution in [0.5, 0.6) is 11.5 Å². The molecule has 2 aromatic rings. The highest BCUT2D eigenvalue weighted by Gasteiger charge is 2.14. The normalized spacial score (nSPS) is 10.0. The minimum atomic E-state index is -0.508. The molecule has 0 fully saturated rings. The third kappa shape index (κ3) is 3.97. The number of nitro benzene ring substituents is 2. The van der Waals surface area contributed by atoms with Crippen molar-refractivity contribution in [2.75, 3.05) is 0 Å². The second-order valence-corrected chi connectivity index (χ2v) is 4.74. The highest BCUT2D eigenvalue weighted by Crippen LogP contribution is 2.25. The Labute approximate surface area is 132 Å². The molecule has 0 atom stereocenters. The maximum absolute atomic E-state index is 10.8. The van der Waals surface area contributed by atoms with Gasteiger partial charge in [0.15, 0.2) is 0 Å². The molecule has 1 radical (unpaired) electrons. The van der Waals surface area contributed by atoms with Gasteiger partial charge >= 0.3 is 7.69 Å². The van der Waals surface area contributed by atoms with Gasteiger partial charge in [-0.05, 0) is 38.1 Å². The number of benzene rings is 2. The molecule has 0 saturated heterocycles. The molecule has 0 unspecified atom stereocenters. The second-order valence-electron chi connectivity index (χ2n) is 4.74. The average molecular weight is 315 g/mol. The molecule has 0 aliphatic heterocycles. The monoisotopic (exact) mass is 315 g/mol. The summed E-state index contributed by atoms with van der Waals surface area (Å²) in [7, 11) is 0.961. The Hall–Kier alpha value is -3.10. The predicted molar refractivity (Wildman–Crippen MR) is 82.7 cm³/mol. The molecule has 0 heterocycles. The summed E-state index contributed by atoms with van der Waals surface area (Å²) >= 11 is 0. The minimum absolute atomic E-state index is 0.0677. The first-order valence-corrected chi connectivity index (χ1v) is 6.53. The largest absolute Gasteiger partial charge is 0.658 e. The van der Waals surface area contributed by atoms with E-state index in [4.69, 9.17) is 9.31 Å². The zero-order valence-electron chi connectivity index (χ0n) is 12.4. The average Bonchev–Trinajstić information content (AvgIpc) is 2.50. The molecule has 0 aliphatic rings. The van der Waals surface area contributed by atoms with E-state index in [1.54, 1.807) is 38.1 Å². The van der Waals surface area contributed by atoms with Gasteiger partial charge in [-0.25, -0.2) is 0 Å². The number of hydrogen-bond acceptors (Lipinski definition) is 6. The maximum Gasteiger partial charge on any atom is 0.658 e. The molecular formula is C14H12BN2O6. The van der Waals surface area contributed by atoms with E-state index in [9.17, 15) is 20.2 Å². The molecule has 0 aliphatic carbocycles. The number of nitrogens with zero attached hydrogens (tertiary/aromatic N) is 2. The van der Waals surface area contributed by atoms with Crippen LogP contribution in [0.4, 0.5) is 11.4 Å². The van der Waals surface area contributed by atoms with Gasteiger partial charge in [-0.1, -0.05) is 0 Å². The third-order valence-corrected chi connectivity index (χ3v) is 3.12. The van der Waals surface area contributed by atoms with Crippen LogP contribution < -0.4 is 9.31 Å². The van der Waals surface area contributed by atoms with Crippen molar-refractivity contribution in [2.24, 2.45) is 0 Å². The molecule has 0 bridgehead atoms. The summed E-state index contributed by atoms with van der Waals surface area (Å²) in [5.41, 5.74) is 0.888. The van der Waals surface area contributed by atoms with Gasteiger partial charge in [0.1, 0.15) is 11.5 Å². The van der Waals surface area contributed by atoms with Crippen LogP contribution in [0.2, 0.25) is 0 Å². The highest BCUT2D eigenvalue weighted by molar-refractivity contribution is 6.20. The molecule has 0 aromatic heterocycles. The van der Waals surface area contributed by atoms with Crippen molar-refractivity contribution in [3.8, 4) is 11.5 Å². The lowest BCUT2D eigenvalue weighted by Crippen LogP contribution is -2.11. The SMILES string of the molecule is Cc1ccc(O[B]Oc2ccc(C)c([N+](=O)[O-])c2)cc1[N+](=O)[O-]. The van der Waals surface area contributed by atoms with Crippen molar-refractivity contribution < 1.29 is 19.2 Å². The minimum Gasteiger partial charge on any atom is -0.526 e. The van der Waals surface area contributed by atoms with Crippen LogP contribution in [-0.2, 0) is 0 Å². The molecular weight excluding hydrogens is 303 g/mol. The van der Waals surface area contributed by atoms with Crippen LogP contribution in [0.3, 0.4) is 0 Å². The number of hydrogen-bond donors (Lipinski definition) is 0. The molecule has 2 aromatic carbocycles. The second kappa shape index (κ2) is 6.78. The molecule has 2 rings (SSSR count). The van der Waals surface area contributed by atoms with E-state index < -0.39 is 9.85 Å². The number of rotatable bonds is 6. The lowest BCUT2D eigenvalue weighted by Gasteiger charge is -2.07. The fraction of sp³-hybridized carbons (Fsp3) is 0.143. The van der Waals surface area contributed by atoms with E-state index in [0.29, 0.717) is 11.1 Å². The van der Waals surface area contributed by atoms with Gasteiger partial charge in [-0.2, -0.15) is 0 Å². The quantitative estimate of drug-likeness (QED) is 0.461. The summed E-state index contributed by atoms with van der Waals surface area (Å²) in [5, 5.41) is 21.7. The van der Waals surface area contributed by atoms with Crippen molar-refractivity contribution >= 4 is 19.1 Å². The Bertz CT molecular complexity index is 701. The van der Waals surface area contributed by atoms with Gasteiger partial charge in [-0.3, -0.25) is 20.2 Å². The first kappa shape index (κ1) is 16.3. The topological polar surface area (TPSA) is 105 Å². The summed E-state index contributed by atoms with van der Waals surface area (Å²) in [4.78, 5) is 20.7. The van der Waals surface area contributed by atoms with E-state index in [1.165, 1.54) is 12.1 Å². The summed E-state index contributed by atoms with van der Waals surface area (Å²) < 4.78 is 10.3. The van der Waals surface area contributed by atoms with E-state index >= 15 is 0 Å². The Morgan fingerprint density at radius 1 is 0.826 bits per heavy atom. The van der Waals surface area contributed by atoms with Crippen LogP contribution in [0, 0.1) is 34.1 Å². The van der Waals surface area contributed by atoms with Crippen LogP contribution in [-0.4, -0.2) is 17.5 Å². The molecule has 0 spiro atoms.